The number of nitrogens with zero attached hydrogens (tertiary/aromatic N) is 2. The molecule has 102 valence electrons. The molecule has 2 rings (SSSR count). The van der Waals surface area contributed by atoms with Crippen molar-refractivity contribution >= 4 is 0 Å². The van der Waals surface area contributed by atoms with Crippen LogP contribution in [0, 0.1) is 6.92 Å². The summed E-state index contributed by atoms with van der Waals surface area (Å²) in [4.78, 5) is 4.95. The van der Waals surface area contributed by atoms with E-state index < -0.39 is 0 Å². The zero-order valence-corrected chi connectivity index (χ0v) is 11.7. The Morgan fingerprint density at radius 2 is 1.78 bits per heavy atom. The molecule has 0 radical (unpaired) electrons. The normalized spacial score (nSPS) is 20.5. The molecule has 0 bridgehead atoms. The number of furan rings is 1. The van der Waals surface area contributed by atoms with Crippen LogP contribution in [0.3, 0.4) is 0 Å². The quantitative estimate of drug-likeness (QED) is 0.883. The van der Waals surface area contributed by atoms with Crippen molar-refractivity contribution in [1.82, 2.24) is 9.80 Å². The SMILES string of the molecule is Cc1ccc(C(CN)N2CCN(C(C)C)CC2)o1. The van der Waals surface area contributed by atoms with Gasteiger partial charge in [-0.3, -0.25) is 9.80 Å². The topological polar surface area (TPSA) is 45.6 Å². The second-order valence-electron chi connectivity index (χ2n) is 5.37. The first-order valence-corrected chi connectivity index (χ1v) is 6.86. The number of hydrogen-bond donors (Lipinski definition) is 1. The van der Waals surface area contributed by atoms with Crippen LogP contribution in [-0.4, -0.2) is 48.6 Å². The van der Waals surface area contributed by atoms with Gasteiger partial charge in [0.1, 0.15) is 11.5 Å². The lowest BCUT2D eigenvalue weighted by Gasteiger charge is -2.39. The van der Waals surface area contributed by atoms with Crippen molar-refractivity contribution < 1.29 is 4.42 Å². The molecule has 2 N–H and O–H groups in total. The summed E-state index contributed by atoms with van der Waals surface area (Å²) in [5, 5.41) is 0. The fourth-order valence-corrected chi connectivity index (χ4v) is 2.64. The minimum Gasteiger partial charge on any atom is -0.465 e. The first-order valence-electron chi connectivity index (χ1n) is 6.86. The molecule has 0 spiro atoms. The Balaban J connectivity index is 1.98. The largest absolute Gasteiger partial charge is 0.465 e. The van der Waals surface area contributed by atoms with Gasteiger partial charge in [0.05, 0.1) is 6.04 Å². The second-order valence-corrected chi connectivity index (χ2v) is 5.37. The molecule has 1 saturated heterocycles. The molecular formula is C14H25N3O. The maximum absolute atomic E-state index is 5.92. The van der Waals surface area contributed by atoms with Gasteiger partial charge < -0.3 is 10.2 Å². The highest BCUT2D eigenvalue weighted by Gasteiger charge is 2.26. The predicted molar refractivity (Wildman–Crippen MR) is 73.5 cm³/mol. The van der Waals surface area contributed by atoms with Gasteiger partial charge in [-0.1, -0.05) is 0 Å². The molecule has 2 heterocycles. The van der Waals surface area contributed by atoms with Crippen molar-refractivity contribution in [1.29, 1.82) is 0 Å². The van der Waals surface area contributed by atoms with E-state index in [1.807, 2.05) is 13.0 Å². The van der Waals surface area contributed by atoms with Gasteiger partial charge in [0.25, 0.3) is 0 Å². The number of hydrogen-bond acceptors (Lipinski definition) is 4. The summed E-state index contributed by atoms with van der Waals surface area (Å²) < 4.78 is 5.73. The average molecular weight is 251 g/mol. The monoisotopic (exact) mass is 251 g/mol. The summed E-state index contributed by atoms with van der Waals surface area (Å²) in [7, 11) is 0. The zero-order chi connectivity index (χ0) is 13.1. The number of aryl methyl sites for hydroxylation is 1. The van der Waals surface area contributed by atoms with Crippen LogP contribution < -0.4 is 5.73 Å². The van der Waals surface area contributed by atoms with Gasteiger partial charge >= 0.3 is 0 Å². The standard InChI is InChI=1S/C14H25N3O/c1-11(2)16-6-8-17(9-7-16)13(10-15)14-5-4-12(3)18-14/h4-5,11,13H,6-10,15H2,1-3H3. The molecule has 0 aromatic carbocycles. The Morgan fingerprint density at radius 1 is 1.17 bits per heavy atom. The Labute approximate surface area is 110 Å². The highest BCUT2D eigenvalue weighted by Crippen LogP contribution is 2.23. The molecule has 1 aromatic heterocycles. The smallest absolute Gasteiger partial charge is 0.122 e. The van der Waals surface area contributed by atoms with E-state index in [0.29, 0.717) is 12.6 Å². The van der Waals surface area contributed by atoms with Crippen LogP contribution in [0.1, 0.15) is 31.4 Å². The molecule has 1 aliphatic heterocycles. The highest BCUT2D eigenvalue weighted by atomic mass is 16.3. The number of rotatable bonds is 4. The molecule has 1 aliphatic rings. The van der Waals surface area contributed by atoms with E-state index in [0.717, 1.165) is 37.7 Å². The van der Waals surface area contributed by atoms with Gasteiger partial charge in [-0.05, 0) is 32.9 Å². The predicted octanol–water partition coefficient (Wildman–Crippen LogP) is 1.61. The summed E-state index contributed by atoms with van der Waals surface area (Å²) in [5.74, 6) is 1.97. The van der Waals surface area contributed by atoms with Crippen LogP contribution in [0.25, 0.3) is 0 Å². The lowest BCUT2D eigenvalue weighted by molar-refractivity contribution is 0.0727. The van der Waals surface area contributed by atoms with Gasteiger partial charge in [-0.2, -0.15) is 0 Å². The zero-order valence-electron chi connectivity index (χ0n) is 11.7. The molecule has 1 atom stereocenters. The first-order chi connectivity index (χ1) is 8.61. The average Bonchev–Trinajstić information content (AvgIpc) is 2.77. The molecule has 0 aliphatic carbocycles. The van der Waals surface area contributed by atoms with Gasteiger partial charge in [0.15, 0.2) is 0 Å². The Kier molecular flexibility index (Phi) is 4.43. The molecule has 4 nitrogen and oxygen atoms in total. The van der Waals surface area contributed by atoms with E-state index in [1.165, 1.54) is 0 Å². The third-order valence-corrected chi connectivity index (χ3v) is 3.83. The van der Waals surface area contributed by atoms with Crippen LogP contribution in [-0.2, 0) is 0 Å². The number of nitrogens with two attached hydrogens (primary N) is 1. The van der Waals surface area contributed by atoms with Gasteiger partial charge in [0.2, 0.25) is 0 Å². The Bertz CT molecular complexity index is 367. The molecule has 1 fully saturated rings. The lowest BCUT2D eigenvalue weighted by atomic mass is 10.1. The summed E-state index contributed by atoms with van der Waals surface area (Å²) in [6.45, 7) is 11.5. The van der Waals surface area contributed by atoms with E-state index >= 15 is 0 Å². The molecule has 0 amide bonds. The van der Waals surface area contributed by atoms with Gasteiger partial charge in [0, 0.05) is 38.8 Å². The van der Waals surface area contributed by atoms with Crippen LogP contribution in [0.5, 0.6) is 0 Å². The Morgan fingerprint density at radius 3 is 2.22 bits per heavy atom. The summed E-state index contributed by atoms with van der Waals surface area (Å²) in [6, 6.07) is 4.94. The van der Waals surface area contributed by atoms with Crippen molar-refractivity contribution in [2.24, 2.45) is 5.73 Å². The van der Waals surface area contributed by atoms with Crippen molar-refractivity contribution in [2.45, 2.75) is 32.9 Å². The minimum atomic E-state index is 0.230. The maximum atomic E-state index is 5.92. The van der Waals surface area contributed by atoms with E-state index in [2.05, 4.69) is 29.7 Å². The van der Waals surface area contributed by atoms with Crippen molar-refractivity contribution in [3.05, 3.63) is 23.7 Å². The third-order valence-electron chi connectivity index (χ3n) is 3.83. The van der Waals surface area contributed by atoms with E-state index in [-0.39, 0.29) is 6.04 Å². The molecule has 0 saturated carbocycles. The minimum absolute atomic E-state index is 0.230. The van der Waals surface area contributed by atoms with Gasteiger partial charge in [-0.25, -0.2) is 0 Å². The second kappa shape index (κ2) is 5.87. The van der Waals surface area contributed by atoms with Crippen LogP contribution >= 0.6 is 0 Å². The fraction of sp³-hybridized carbons (Fsp3) is 0.714. The van der Waals surface area contributed by atoms with Crippen molar-refractivity contribution in [3.63, 3.8) is 0 Å². The number of piperazine rings is 1. The van der Waals surface area contributed by atoms with E-state index in [4.69, 9.17) is 10.2 Å². The fourth-order valence-electron chi connectivity index (χ4n) is 2.64. The molecule has 1 aromatic rings. The van der Waals surface area contributed by atoms with Gasteiger partial charge in [-0.15, -0.1) is 0 Å². The third kappa shape index (κ3) is 2.94. The molecule has 4 heteroatoms. The molecular weight excluding hydrogens is 226 g/mol. The summed E-state index contributed by atoms with van der Waals surface area (Å²) in [5.41, 5.74) is 5.92. The lowest BCUT2D eigenvalue weighted by Crippen LogP contribution is -2.50. The Hall–Kier alpha value is -0.840. The maximum Gasteiger partial charge on any atom is 0.122 e. The van der Waals surface area contributed by atoms with E-state index in [1.54, 1.807) is 0 Å². The molecule has 18 heavy (non-hydrogen) atoms. The molecule has 1 unspecified atom stereocenters. The van der Waals surface area contributed by atoms with Crippen LogP contribution in [0.15, 0.2) is 16.5 Å². The first kappa shape index (κ1) is 13.6. The van der Waals surface area contributed by atoms with Crippen molar-refractivity contribution in [3.8, 4) is 0 Å². The summed E-state index contributed by atoms with van der Waals surface area (Å²) >= 11 is 0. The van der Waals surface area contributed by atoms with Crippen LogP contribution in [0.4, 0.5) is 0 Å². The van der Waals surface area contributed by atoms with Crippen LogP contribution in [0.2, 0.25) is 0 Å². The van der Waals surface area contributed by atoms with E-state index in [9.17, 15) is 0 Å². The summed E-state index contributed by atoms with van der Waals surface area (Å²) in [6.07, 6.45) is 0. The van der Waals surface area contributed by atoms with Crippen molar-refractivity contribution in [2.75, 3.05) is 32.7 Å². The highest BCUT2D eigenvalue weighted by molar-refractivity contribution is 5.10.